The number of benzene rings is 1. The third-order valence-electron chi connectivity index (χ3n) is 7.36. The summed E-state index contributed by atoms with van der Waals surface area (Å²) in [6.07, 6.45) is 7.75. The van der Waals surface area contributed by atoms with E-state index in [1.165, 1.54) is 44.1 Å². The van der Waals surface area contributed by atoms with Crippen LogP contribution in [0.3, 0.4) is 0 Å². The Morgan fingerprint density at radius 2 is 1.84 bits per heavy atom. The zero-order chi connectivity index (χ0) is 18.6. The molecule has 0 heterocycles. The quantitative estimate of drug-likeness (QED) is 0.512. The third-order valence-corrected chi connectivity index (χ3v) is 7.36. The van der Waals surface area contributed by atoms with Crippen LogP contribution in [0.1, 0.15) is 89.3 Å². The molecule has 1 N–H and O–H groups in total. The van der Waals surface area contributed by atoms with Crippen molar-refractivity contribution in [3.05, 3.63) is 34.9 Å². The Morgan fingerprint density at radius 1 is 1.16 bits per heavy atom. The first-order valence-electron chi connectivity index (χ1n) is 10.6. The fourth-order valence-electron chi connectivity index (χ4n) is 4.21. The summed E-state index contributed by atoms with van der Waals surface area (Å²) in [6.45, 7) is 14.3. The van der Waals surface area contributed by atoms with Crippen LogP contribution in [0.5, 0.6) is 0 Å². The van der Waals surface area contributed by atoms with E-state index in [0.717, 1.165) is 17.8 Å². The Hall–Kier alpha value is -0.820. The molecule has 0 aliphatic heterocycles. The summed E-state index contributed by atoms with van der Waals surface area (Å²) in [6, 6.07) is 7.29. The Morgan fingerprint density at radius 3 is 2.32 bits per heavy atom. The molecule has 0 aromatic heterocycles. The molecule has 4 atom stereocenters. The van der Waals surface area contributed by atoms with E-state index in [4.69, 9.17) is 0 Å². The lowest BCUT2D eigenvalue weighted by Crippen LogP contribution is -2.48. The van der Waals surface area contributed by atoms with Crippen molar-refractivity contribution in [3.8, 4) is 0 Å². The largest absolute Gasteiger partial charge is 0.314 e. The van der Waals surface area contributed by atoms with Crippen LogP contribution in [-0.4, -0.2) is 12.6 Å². The minimum Gasteiger partial charge on any atom is -0.314 e. The van der Waals surface area contributed by atoms with Crippen LogP contribution in [0, 0.1) is 24.7 Å². The summed E-state index contributed by atoms with van der Waals surface area (Å²) in [5, 5.41) is 3.67. The first-order chi connectivity index (χ1) is 11.8. The van der Waals surface area contributed by atoms with E-state index in [9.17, 15) is 0 Å². The maximum Gasteiger partial charge on any atom is 0.0179 e. The predicted molar refractivity (Wildman–Crippen MR) is 111 cm³/mol. The lowest BCUT2D eigenvalue weighted by atomic mass is 9.72. The second kappa shape index (κ2) is 8.71. The van der Waals surface area contributed by atoms with E-state index in [2.05, 4.69) is 72.1 Å². The maximum absolute atomic E-state index is 3.67. The molecular formula is C24H41N. The van der Waals surface area contributed by atoms with Gasteiger partial charge in [-0.1, -0.05) is 52.3 Å². The van der Waals surface area contributed by atoms with Gasteiger partial charge in [-0.3, -0.25) is 0 Å². The monoisotopic (exact) mass is 343 g/mol. The number of hydrogen-bond acceptors (Lipinski definition) is 1. The van der Waals surface area contributed by atoms with Crippen molar-refractivity contribution >= 4 is 0 Å². The first kappa shape index (κ1) is 20.5. The molecule has 4 unspecified atom stereocenters. The highest BCUT2D eigenvalue weighted by Crippen LogP contribution is 2.41. The van der Waals surface area contributed by atoms with Gasteiger partial charge in [0.25, 0.3) is 0 Å². The summed E-state index contributed by atoms with van der Waals surface area (Å²) in [5.41, 5.74) is 4.84. The van der Waals surface area contributed by atoms with Crippen LogP contribution >= 0.6 is 0 Å². The minimum atomic E-state index is 0.212. The van der Waals surface area contributed by atoms with Gasteiger partial charge in [-0.25, -0.2) is 0 Å². The molecule has 25 heavy (non-hydrogen) atoms. The average molecular weight is 344 g/mol. The molecule has 1 saturated carbocycles. The molecule has 1 aromatic rings. The highest BCUT2D eigenvalue weighted by Gasteiger charge is 2.33. The summed E-state index contributed by atoms with van der Waals surface area (Å²) < 4.78 is 0. The van der Waals surface area contributed by atoms with Crippen molar-refractivity contribution in [3.63, 3.8) is 0 Å². The van der Waals surface area contributed by atoms with Gasteiger partial charge in [-0.05, 0) is 93.4 Å². The second-order valence-corrected chi connectivity index (χ2v) is 8.98. The Bertz CT molecular complexity index is 539. The average Bonchev–Trinajstić information content (AvgIpc) is 3.46. The molecule has 1 nitrogen and oxygen atoms in total. The number of hydrogen-bond donors (Lipinski definition) is 1. The molecule has 0 radical (unpaired) electrons. The smallest absolute Gasteiger partial charge is 0.0179 e. The van der Waals surface area contributed by atoms with Gasteiger partial charge in [0.05, 0.1) is 0 Å². The van der Waals surface area contributed by atoms with Gasteiger partial charge in [0.1, 0.15) is 0 Å². The fourth-order valence-corrected chi connectivity index (χ4v) is 4.21. The van der Waals surface area contributed by atoms with E-state index in [-0.39, 0.29) is 5.54 Å². The molecule has 1 heteroatoms. The molecule has 2 rings (SSSR count). The van der Waals surface area contributed by atoms with E-state index in [0.29, 0.717) is 5.92 Å². The van der Waals surface area contributed by atoms with Crippen LogP contribution in [0.15, 0.2) is 18.2 Å². The van der Waals surface area contributed by atoms with Crippen molar-refractivity contribution in [2.75, 3.05) is 7.05 Å². The van der Waals surface area contributed by atoms with Crippen molar-refractivity contribution in [2.45, 2.75) is 91.5 Å². The molecular weight excluding hydrogens is 302 g/mol. The first-order valence-corrected chi connectivity index (χ1v) is 10.6. The highest BCUT2D eigenvalue weighted by molar-refractivity contribution is 5.35. The van der Waals surface area contributed by atoms with Gasteiger partial charge in [0.15, 0.2) is 0 Å². The van der Waals surface area contributed by atoms with Crippen LogP contribution in [-0.2, 0) is 6.42 Å². The van der Waals surface area contributed by atoms with Gasteiger partial charge in [-0.2, -0.15) is 0 Å². The Balaban J connectivity index is 2.19. The third kappa shape index (κ3) is 5.09. The molecule has 0 amide bonds. The van der Waals surface area contributed by atoms with Crippen LogP contribution in [0.2, 0.25) is 0 Å². The van der Waals surface area contributed by atoms with E-state index >= 15 is 0 Å². The van der Waals surface area contributed by atoms with Gasteiger partial charge in [0, 0.05) is 5.54 Å². The molecule has 0 bridgehead atoms. The molecule has 1 fully saturated rings. The number of nitrogens with one attached hydrogen (secondary N) is 1. The van der Waals surface area contributed by atoms with Crippen LogP contribution in [0.25, 0.3) is 0 Å². The zero-order valence-corrected chi connectivity index (χ0v) is 17.8. The van der Waals surface area contributed by atoms with E-state index < -0.39 is 0 Å². The van der Waals surface area contributed by atoms with Gasteiger partial charge in [0.2, 0.25) is 0 Å². The Kier molecular flexibility index (Phi) is 7.14. The summed E-state index contributed by atoms with van der Waals surface area (Å²) >= 11 is 0. The number of aryl methyl sites for hydroxylation is 1. The summed E-state index contributed by atoms with van der Waals surface area (Å²) in [4.78, 5) is 0. The minimum absolute atomic E-state index is 0.212. The Labute approximate surface area is 157 Å². The van der Waals surface area contributed by atoms with Gasteiger partial charge in [-0.15, -0.1) is 0 Å². The van der Waals surface area contributed by atoms with Crippen molar-refractivity contribution in [1.82, 2.24) is 5.32 Å². The second-order valence-electron chi connectivity index (χ2n) is 8.98. The van der Waals surface area contributed by atoms with Crippen molar-refractivity contribution < 1.29 is 0 Å². The lowest BCUT2D eigenvalue weighted by molar-refractivity contribution is 0.177. The molecule has 1 aliphatic carbocycles. The summed E-state index contributed by atoms with van der Waals surface area (Å²) in [7, 11) is 2.15. The fraction of sp³-hybridized carbons (Fsp3) is 0.750. The lowest BCUT2D eigenvalue weighted by Gasteiger charge is -2.40. The SMILES string of the molecule is CCC(C)C(C)CC(Cc1ccc(C2CC2)cc1C)C(C)(CC)NC. The van der Waals surface area contributed by atoms with Crippen LogP contribution < -0.4 is 5.32 Å². The standard InChI is InChI=1S/C24H41N/c1-8-17(3)18(4)15-23(24(6,9-2)25-7)16-21-12-13-22(14-19(21)5)20-10-11-20/h12-14,17-18,20,23,25H,8-11,15-16H2,1-7H3. The van der Waals surface area contributed by atoms with Crippen molar-refractivity contribution in [1.29, 1.82) is 0 Å². The van der Waals surface area contributed by atoms with Crippen molar-refractivity contribution in [2.24, 2.45) is 17.8 Å². The molecule has 1 aliphatic rings. The molecule has 0 spiro atoms. The maximum atomic E-state index is 3.67. The highest BCUT2D eigenvalue weighted by atomic mass is 14.9. The topological polar surface area (TPSA) is 12.0 Å². The van der Waals surface area contributed by atoms with E-state index in [1.54, 1.807) is 11.1 Å². The summed E-state index contributed by atoms with van der Waals surface area (Å²) in [5.74, 6) is 3.11. The molecule has 0 saturated heterocycles. The molecule has 1 aromatic carbocycles. The van der Waals surface area contributed by atoms with E-state index in [1.807, 2.05) is 0 Å². The van der Waals surface area contributed by atoms with Gasteiger partial charge >= 0.3 is 0 Å². The predicted octanol–water partition coefficient (Wildman–Crippen LogP) is 6.49. The zero-order valence-electron chi connectivity index (χ0n) is 17.8. The number of rotatable bonds is 10. The van der Waals surface area contributed by atoms with Crippen LogP contribution in [0.4, 0.5) is 0 Å². The normalized spacial score (nSPS) is 20.8. The van der Waals surface area contributed by atoms with Gasteiger partial charge < -0.3 is 5.32 Å². The molecule has 142 valence electrons.